The number of rotatable bonds is 4. The minimum absolute atomic E-state index is 0.257. The van der Waals surface area contributed by atoms with E-state index < -0.39 is 0 Å². The van der Waals surface area contributed by atoms with Gasteiger partial charge in [0.25, 0.3) is 0 Å². The molecular formula is C13H21N3S2. The van der Waals surface area contributed by atoms with Gasteiger partial charge in [-0.3, -0.25) is 4.99 Å². The van der Waals surface area contributed by atoms with E-state index in [1.54, 1.807) is 11.3 Å². The highest BCUT2D eigenvalue weighted by Gasteiger charge is 2.24. The fourth-order valence-electron chi connectivity index (χ4n) is 1.75. The fraction of sp³-hybridized carbons (Fsp3) is 0.692. The second kappa shape index (κ2) is 6.06. The van der Waals surface area contributed by atoms with Crippen molar-refractivity contribution >= 4 is 28.3 Å². The van der Waals surface area contributed by atoms with Gasteiger partial charge in [0.15, 0.2) is 5.17 Å². The molecule has 0 spiro atoms. The molecule has 1 aliphatic heterocycles. The van der Waals surface area contributed by atoms with Crippen LogP contribution in [0.1, 0.15) is 43.6 Å². The van der Waals surface area contributed by atoms with Crippen LogP contribution in [0.4, 0.5) is 0 Å². The van der Waals surface area contributed by atoms with Crippen molar-refractivity contribution in [1.82, 2.24) is 10.3 Å². The molecule has 5 heteroatoms. The van der Waals surface area contributed by atoms with Gasteiger partial charge in [-0.1, -0.05) is 32.5 Å². The van der Waals surface area contributed by atoms with Gasteiger partial charge in [-0.05, 0) is 19.3 Å². The summed E-state index contributed by atoms with van der Waals surface area (Å²) in [7, 11) is 0. The summed E-state index contributed by atoms with van der Waals surface area (Å²) in [5, 5.41) is 6.34. The zero-order valence-electron chi connectivity index (χ0n) is 11.4. The van der Waals surface area contributed by atoms with Crippen LogP contribution in [0.3, 0.4) is 0 Å². The summed E-state index contributed by atoms with van der Waals surface area (Å²) in [6.07, 6.45) is 3.05. The molecule has 3 nitrogen and oxygen atoms in total. The van der Waals surface area contributed by atoms with E-state index in [-0.39, 0.29) is 6.04 Å². The average Bonchev–Trinajstić information content (AvgIpc) is 2.96. The van der Waals surface area contributed by atoms with E-state index in [1.165, 1.54) is 4.88 Å². The quantitative estimate of drug-likeness (QED) is 0.919. The number of nitrogens with zero attached hydrogens (tertiary/aromatic N) is 2. The maximum Gasteiger partial charge on any atom is 0.157 e. The molecule has 0 bridgehead atoms. The lowest BCUT2D eigenvalue weighted by molar-refractivity contribution is 0.620. The molecule has 0 fully saturated rings. The van der Waals surface area contributed by atoms with Gasteiger partial charge in [0.05, 0.1) is 12.6 Å². The highest BCUT2D eigenvalue weighted by molar-refractivity contribution is 8.14. The van der Waals surface area contributed by atoms with Crippen molar-refractivity contribution in [1.29, 1.82) is 0 Å². The Bertz CT molecular complexity index is 426. The highest BCUT2D eigenvalue weighted by Crippen LogP contribution is 2.28. The minimum atomic E-state index is 0.257. The van der Waals surface area contributed by atoms with Gasteiger partial charge < -0.3 is 5.32 Å². The number of thiazole rings is 1. The Hall–Kier alpha value is -0.550. The van der Waals surface area contributed by atoms with E-state index in [0.29, 0.717) is 11.2 Å². The molecule has 2 heterocycles. The van der Waals surface area contributed by atoms with Crippen molar-refractivity contribution in [3.05, 3.63) is 16.1 Å². The van der Waals surface area contributed by atoms with Crippen LogP contribution >= 0.6 is 23.1 Å². The van der Waals surface area contributed by atoms with Crippen molar-refractivity contribution < 1.29 is 0 Å². The van der Waals surface area contributed by atoms with Gasteiger partial charge in [0.1, 0.15) is 5.01 Å². The first-order chi connectivity index (χ1) is 8.60. The summed E-state index contributed by atoms with van der Waals surface area (Å²) >= 11 is 3.66. The van der Waals surface area contributed by atoms with Crippen LogP contribution < -0.4 is 5.32 Å². The Morgan fingerprint density at radius 3 is 2.78 bits per heavy atom. The number of aliphatic imine (C=N–C) groups is 1. The zero-order valence-corrected chi connectivity index (χ0v) is 13.1. The molecule has 1 aliphatic rings. The molecule has 1 aromatic heterocycles. The molecule has 18 heavy (non-hydrogen) atoms. The van der Waals surface area contributed by atoms with E-state index >= 15 is 0 Å². The largest absolute Gasteiger partial charge is 0.356 e. The molecule has 1 N–H and O–H groups in total. The summed E-state index contributed by atoms with van der Waals surface area (Å²) in [6, 6.07) is 0.257. The van der Waals surface area contributed by atoms with Gasteiger partial charge in [-0.15, -0.1) is 11.3 Å². The Balaban J connectivity index is 1.90. The van der Waals surface area contributed by atoms with Gasteiger partial charge in [-0.2, -0.15) is 0 Å². The molecule has 1 aromatic rings. The number of aryl methyl sites for hydroxylation is 1. The molecule has 100 valence electrons. The van der Waals surface area contributed by atoms with Crippen LogP contribution in [0.15, 0.2) is 11.2 Å². The van der Waals surface area contributed by atoms with Crippen molar-refractivity contribution in [2.45, 2.75) is 45.4 Å². The SMILES string of the molecule is CCc1cnc(C(C)NC2=NCC(C(C)C)S2)s1. The smallest absolute Gasteiger partial charge is 0.157 e. The molecule has 0 saturated carbocycles. The maximum absolute atomic E-state index is 4.58. The monoisotopic (exact) mass is 283 g/mol. The first-order valence-electron chi connectivity index (χ1n) is 6.52. The third-order valence-electron chi connectivity index (χ3n) is 3.05. The predicted molar refractivity (Wildman–Crippen MR) is 81.6 cm³/mol. The molecule has 0 radical (unpaired) electrons. The standard InChI is InChI=1S/C13H21N3S2/c1-5-10-6-14-12(17-10)9(4)16-13-15-7-11(18-13)8(2)3/h6,8-9,11H,5,7H2,1-4H3,(H,15,16). The van der Waals surface area contributed by atoms with E-state index in [2.05, 4.69) is 43.0 Å². The molecule has 2 atom stereocenters. The number of aromatic nitrogens is 1. The van der Waals surface area contributed by atoms with Gasteiger partial charge in [0, 0.05) is 16.3 Å². The molecule has 0 amide bonds. The van der Waals surface area contributed by atoms with Crippen molar-refractivity contribution in [3.8, 4) is 0 Å². The van der Waals surface area contributed by atoms with Crippen LogP contribution in [-0.4, -0.2) is 21.9 Å². The summed E-state index contributed by atoms with van der Waals surface area (Å²) in [5.41, 5.74) is 0. The van der Waals surface area contributed by atoms with E-state index in [0.717, 1.165) is 23.1 Å². The van der Waals surface area contributed by atoms with Gasteiger partial charge >= 0.3 is 0 Å². The van der Waals surface area contributed by atoms with Crippen LogP contribution in [0.25, 0.3) is 0 Å². The van der Waals surface area contributed by atoms with Crippen molar-refractivity contribution in [2.24, 2.45) is 10.9 Å². The Morgan fingerprint density at radius 2 is 2.22 bits per heavy atom. The van der Waals surface area contributed by atoms with Crippen molar-refractivity contribution in [2.75, 3.05) is 6.54 Å². The third kappa shape index (κ3) is 3.26. The van der Waals surface area contributed by atoms with Gasteiger partial charge in [0.2, 0.25) is 0 Å². The van der Waals surface area contributed by atoms with E-state index in [9.17, 15) is 0 Å². The molecule has 0 aliphatic carbocycles. The van der Waals surface area contributed by atoms with E-state index in [4.69, 9.17) is 0 Å². The maximum atomic E-state index is 4.58. The van der Waals surface area contributed by atoms with Crippen LogP contribution in [0.2, 0.25) is 0 Å². The number of hydrogen-bond acceptors (Lipinski definition) is 5. The van der Waals surface area contributed by atoms with E-state index in [1.807, 2.05) is 18.0 Å². The first kappa shape index (κ1) is 13.9. The molecule has 2 rings (SSSR count). The van der Waals surface area contributed by atoms with Crippen LogP contribution in [0.5, 0.6) is 0 Å². The third-order valence-corrected chi connectivity index (χ3v) is 5.84. The Labute approximate surface area is 118 Å². The molecular weight excluding hydrogens is 262 g/mol. The first-order valence-corrected chi connectivity index (χ1v) is 8.22. The van der Waals surface area contributed by atoms with Crippen molar-refractivity contribution in [3.63, 3.8) is 0 Å². The minimum Gasteiger partial charge on any atom is -0.356 e. The summed E-state index contributed by atoms with van der Waals surface area (Å²) in [6.45, 7) is 9.78. The number of thioether (sulfide) groups is 1. The molecule has 0 aromatic carbocycles. The van der Waals surface area contributed by atoms with Gasteiger partial charge in [-0.25, -0.2) is 4.98 Å². The Morgan fingerprint density at radius 1 is 1.44 bits per heavy atom. The summed E-state index contributed by atoms with van der Waals surface area (Å²) in [4.78, 5) is 10.4. The van der Waals surface area contributed by atoms with Crippen LogP contribution in [0, 0.1) is 5.92 Å². The Kier molecular flexibility index (Phi) is 4.67. The topological polar surface area (TPSA) is 37.3 Å². The number of hydrogen-bond donors (Lipinski definition) is 1. The lowest BCUT2D eigenvalue weighted by Crippen LogP contribution is -2.23. The lowest BCUT2D eigenvalue weighted by atomic mass is 10.1. The van der Waals surface area contributed by atoms with Crippen LogP contribution in [-0.2, 0) is 6.42 Å². The fourth-order valence-corrected chi connectivity index (χ4v) is 3.71. The number of amidine groups is 1. The molecule has 0 saturated heterocycles. The number of nitrogens with one attached hydrogen (secondary N) is 1. The molecule has 2 unspecified atom stereocenters. The summed E-state index contributed by atoms with van der Waals surface area (Å²) in [5.74, 6) is 0.680. The second-order valence-electron chi connectivity index (χ2n) is 4.93. The zero-order chi connectivity index (χ0) is 13.1. The normalized spacial score (nSPS) is 21.2. The predicted octanol–water partition coefficient (Wildman–Crippen LogP) is 3.48. The lowest BCUT2D eigenvalue weighted by Gasteiger charge is -2.14. The average molecular weight is 283 g/mol. The summed E-state index contributed by atoms with van der Waals surface area (Å²) < 4.78 is 0. The highest BCUT2D eigenvalue weighted by atomic mass is 32.2. The second-order valence-corrected chi connectivity index (χ2v) is 7.31.